The van der Waals surface area contributed by atoms with Crippen LogP contribution in [0.15, 0.2) is 71.5 Å². The van der Waals surface area contributed by atoms with E-state index >= 15 is 0 Å². The lowest BCUT2D eigenvalue weighted by Crippen LogP contribution is -2.43. The number of fused-ring (bicyclic) bond motifs is 1. The molecule has 1 atom stereocenters. The van der Waals surface area contributed by atoms with Crippen LogP contribution in [-0.4, -0.2) is 43.9 Å². The third kappa shape index (κ3) is 6.00. The van der Waals surface area contributed by atoms with Crippen LogP contribution in [0.2, 0.25) is 0 Å². The maximum atomic E-state index is 13.2. The molecule has 0 bridgehead atoms. The van der Waals surface area contributed by atoms with E-state index in [0.29, 0.717) is 17.2 Å². The molecule has 6 rings (SSSR count). The lowest BCUT2D eigenvalue weighted by Gasteiger charge is -2.30. The van der Waals surface area contributed by atoms with E-state index in [2.05, 4.69) is 25.8 Å². The number of hydrogen-bond acceptors (Lipinski definition) is 9. The van der Waals surface area contributed by atoms with Crippen molar-refractivity contribution < 1.29 is 14.1 Å². The summed E-state index contributed by atoms with van der Waals surface area (Å²) >= 11 is 0. The van der Waals surface area contributed by atoms with Crippen molar-refractivity contribution in [2.24, 2.45) is 0 Å². The van der Waals surface area contributed by atoms with Gasteiger partial charge in [-0.3, -0.25) is 4.79 Å². The summed E-state index contributed by atoms with van der Waals surface area (Å²) in [6.45, 7) is 6.15. The molecule has 1 unspecified atom stereocenters. The summed E-state index contributed by atoms with van der Waals surface area (Å²) in [6, 6.07) is 18.9. The van der Waals surface area contributed by atoms with Crippen LogP contribution < -0.4 is 21.1 Å². The summed E-state index contributed by atoms with van der Waals surface area (Å²) in [7, 11) is 1.75. The fourth-order valence-corrected chi connectivity index (χ4v) is 5.70. The number of para-hydroxylation sites is 1. The molecule has 4 N–H and O–H groups in total. The standard InChI is InChI=1S/C33H38N8O3/c1-33(2,3)26-18-25(40-44-26)29(35-4)32(42)38-21-12-14-22(15-13-21)41-31-27(30(34)36-19-37-31)28(39-41)20-10-16-24(17-11-20)43-23-8-6-5-7-9-23/h5-11,16-19,21-22,29,35H,12-15H2,1-4H3,(H,38,42)(H2,34,36,37). The molecule has 0 radical (unpaired) electrons. The van der Waals surface area contributed by atoms with Crippen molar-refractivity contribution in [1.82, 2.24) is 35.5 Å². The molecule has 1 amide bonds. The molecular formula is C33H38N8O3. The minimum atomic E-state index is -0.589. The van der Waals surface area contributed by atoms with Crippen molar-refractivity contribution in [3.8, 4) is 22.8 Å². The van der Waals surface area contributed by atoms with Crippen molar-refractivity contribution in [3.05, 3.63) is 78.4 Å². The fourth-order valence-electron chi connectivity index (χ4n) is 5.70. The summed E-state index contributed by atoms with van der Waals surface area (Å²) in [5.74, 6) is 2.52. The van der Waals surface area contributed by atoms with Crippen molar-refractivity contribution in [2.75, 3.05) is 12.8 Å². The van der Waals surface area contributed by atoms with E-state index in [0.717, 1.165) is 59.6 Å². The third-order valence-electron chi connectivity index (χ3n) is 8.13. The molecule has 5 aromatic rings. The number of benzene rings is 2. The van der Waals surface area contributed by atoms with Crippen LogP contribution in [0.1, 0.15) is 70.0 Å². The highest BCUT2D eigenvalue weighted by Gasteiger charge is 2.31. The smallest absolute Gasteiger partial charge is 0.243 e. The molecular weight excluding hydrogens is 556 g/mol. The average Bonchev–Trinajstić information content (AvgIpc) is 3.66. The second kappa shape index (κ2) is 12.1. The Kier molecular flexibility index (Phi) is 8.05. The minimum Gasteiger partial charge on any atom is -0.457 e. The molecule has 1 aliphatic rings. The van der Waals surface area contributed by atoms with Gasteiger partial charge < -0.3 is 25.6 Å². The number of likely N-dealkylation sites (N-methyl/N-ethyl adjacent to an activating group) is 1. The van der Waals surface area contributed by atoms with Gasteiger partial charge in [-0.25, -0.2) is 14.6 Å². The van der Waals surface area contributed by atoms with E-state index < -0.39 is 6.04 Å². The van der Waals surface area contributed by atoms with Crippen molar-refractivity contribution in [3.63, 3.8) is 0 Å². The highest BCUT2D eigenvalue weighted by Crippen LogP contribution is 2.37. The van der Waals surface area contributed by atoms with E-state index in [9.17, 15) is 4.79 Å². The molecule has 2 aromatic carbocycles. The fraction of sp³-hybridized carbons (Fsp3) is 0.364. The highest BCUT2D eigenvalue weighted by atomic mass is 16.5. The first kappa shape index (κ1) is 29.3. The largest absolute Gasteiger partial charge is 0.457 e. The Labute approximate surface area is 256 Å². The molecule has 44 heavy (non-hydrogen) atoms. The molecule has 3 heterocycles. The van der Waals surface area contributed by atoms with Gasteiger partial charge in [0.15, 0.2) is 5.65 Å². The van der Waals surface area contributed by atoms with Gasteiger partial charge in [-0.05, 0) is 69.1 Å². The number of nitrogens with two attached hydrogens (primary N) is 1. The van der Waals surface area contributed by atoms with Crippen LogP contribution in [0, 0.1) is 0 Å². The highest BCUT2D eigenvalue weighted by molar-refractivity contribution is 5.98. The molecule has 1 fully saturated rings. The Morgan fingerprint density at radius 3 is 2.39 bits per heavy atom. The number of ether oxygens (including phenoxy) is 1. The summed E-state index contributed by atoms with van der Waals surface area (Å²) in [5, 5.41) is 16.2. The molecule has 0 spiro atoms. The van der Waals surface area contributed by atoms with Crippen LogP contribution >= 0.6 is 0 Å². The van der Waals surface area contributed by atoms with E-state index in [1.54, 1.807) is 7.05 Å². The Hall–Kier alpha value is -4.77. The van der Waals surface area contributed by atoms with Gasteiger partial charge in [-0.15, -0.1) is 0 Å². The van der Waals surface area contributed by atoms with Gasteiger partial charge in [0, 0.05) is 23.1 Å². The monoisotopic (exact) mass is 594 g/mol. The van der Waals surface area contributed by atoms with Gasteiger partial charge >= 0.3 is 0 Å². The second-order valence-electron chi connectivity index (χ2n) is 12.3. The minimum absolute atomic E-state index is 0.0433. The SMILES string of the molecule is CNC(C(=O)NC1CCC(n2nc(-c3ccc(Oc4ccccc4)cc3)c3c(N)ncnc32)CC1)c1cc(C(C)(C)C)on1. The van der Waals surface area contributed by atoms with Crippen LogP contribution in [0.3, 0.4) is 0 Å². The van der Waals surface area contributed by atoms with Crippen molar-refractivity contribution in [2.45, 2.75) is 70.0 Å². The lowest BCUT2D eigenvalue weighted by atomic mass is 9.90. The molecule has 0 saturated heterocycles. The second-order valence-corrected chi connectivity index (χ2v) is 12.3. The number of rotatable bonds is 8. The summed E-state index contributed by atoms with van der Waals surface area (Å²) in [6.07, 6.45) is 4.76. The summed E-state index contributed by atoms with van der Waals surface area (Å²) < 4.78 is 13.5. The molecule has 228 valence electrons. The number of carbonyl (C=O) groups excluding carboxylic acids is 1. The normalized spacial score (nSPS) is 17.8. The van der Waals surface area contributed by atoms with E-state index in [1.165, 1.54) is 6.33 Å². The topological polar surface area (TPSA) is 146 Å². The van der Waals surface area contributed by atoms with Gasteiger partial charge in [0.25, 0.3) is 0 Å². The summed E-state index contributed by atoms with van der Waals surface area (Å²) in [4.78, 5) is 22.1. The molecule has 11 nitrogen and oxygen atoms in total. The van der Waals surface area contributed by atoms with Crippen LogP contribution in [0.4, 0.5) is 5.82 Å². The number of nitrogen functional groups attached to an aromatic ring is 1. The Balaban J connectivity index is 1.16. The quantitative estimate of drug-likeness (QED) is 0.205. The van der Waals surface area contributed by atoms with E-state index in [4.69, 9.17) is 20.1 Å². The van der Waals surface area contributed by atoms with E-state index in [1.807, 2.05) is 86.1 Å². The Bertz CT molecular complexity index is 1730. The lowest BCUT2D eigenvalue weighted by molar-refractivity contribution is -0.124. The Morgan fingerprint density at radius 1 is 1.02 bits per heavy atom. The van der Waals surface area contributed by atoms with Crippen LogP contribution in [0.25, 0.3) is 22.3 Å². The number of carbonyl (C=O) groups is 1. The number of nitrogens with one attached hydrogen (secondary N) is 2. The first-order valence-electron chi connectivity index (χ1n) is 15.0. The molecule has 0 aliphatic heterocycles. The molecule has 1 aliphatic carbocycles. The van der Waals surface area contributed by atoms with Crippen LogP contribution in [0.5, 0.6) is 11.5 Å². The number of hydrogen-bond donors (Lipinski definition) is 3. The first-order chi connectivity index (χ1) is 21.2. The number of amides is 1. The Morgan fingerprint density at radius 2 is 1.73 bits per heavy atom. The van der Waals surface area contributed by atoms with Gasteiger partial charge in [0.05, 0.1) is 11.4 Å². The predicted molar refractivity (Wildman–Crippen MR) is 168 cm³/mol. The zero-order chi connectivity index (χ0) is 30.8. The first-order valence-corrected chi connectivity index (χ1v) is 15.0. The average molecular weight is 595 g/mol. The van der Waals surface area contributed by atoms with Crippen molar-refractivity contribution >= 4 is 22.8 Å². The number of anilines is 1. The predicted octanol–water partition coefficient (Wildman–Crippen LogP) is 5.71. The van der Waals surface area contributed by atoms with Gasteiger partial charge in [0.2, 0.25) is 5.91 Å². The molecule has 1 saturated carbocycles. The van der Waals surface area contributed by atoms with Gasteiger partial charge in [0.1, 0.15) is 46.8 Å². The van der Waals surface area contributed by atoms with Gasteiger partial charge in [-0.1, -0.05) is 44.1 Å². The van der Waals surface area contributed by atoms with Crippen LogP contribution in [-0.2, 0) is 10.2 Å². The van der Waals surface area contributed by atoms with E-state index in [-0.39, 0.29) is 23.4 Å². The maximum Gasteiger partial charge on any atom is 0.243 e. The zero-order valence-corrected chi connectivity index (χ0v) is 25.4. The number of nitrogens with zero attached hydrogens (tertiary/aromatic N) is 5. The third-order valence-corrected chi connectivity index (χ3v) is 8.13. The number of aromatic nitrogens is 5. The van der Waals surface area contributed by atoms with Crippen molar-refractivity contribution in [1.29, 1.82) is 0 Å². The molecule has 3 aromatic heterocycles. The maximum absolute atomic E-state index is 13.2. The summed E-state index contributed by atoms with van der Waals surface area (Å²) in [5.41, 5.74) is 9.10. The van der Waals surface area contributed by atoms with Gasteiger partial charge in [-0.2, -0.15) is 5.10 Å². The zero-order valence-electron chi connectivity index (χ0n) is 25.4. The molecule has 11 heteroatoms.